The zero-order valence-electron chi connectivity index (χ0n) is 8.28. The minimum atomic E-state index is -3.70. The van der Waals surface area contributed by atoms with Crippen LogP contribution in [0.1, 0.15) is 10.4 Å². The molecule has 2 N–H and O–H groups in total. The Kier molecular flexibility index (Phi) is 3.86. The van der Waals surface area contributed by atoms with E-state index >= 15 is 0 Å². The Balaban J connectivity index is 3.23. The number of alkyl halides is 2. The lowest BCUT2D eigenvalue weighted by Gasteiger charge is -2.16. The quantitative estimate of drug-likeness (QED) is 0.379. The van der Waals surface area contributed by atoms with E-state index in [0.29, 0.717) is 5.69 Å². The standard InChI is InChI=1S/C9H9ClINO3S/c1-16(14,15)9(10,11)8(13)6-3-2-4-7(12)5-6/h2-5H,12H2,1H3. The molecular weight excluding hydrogens is 365 g/mol. The van der Waals surface area contributed by atoms with Crippen LogP contribution < -0.4 is 5.73 Å². The summed E-state index contributed by atoms with van der Waals surface area (Å²) in [5.41, 5.74) is 6.06. The normalized spacial score (nSPS) is 15.4. The number of carbonyl (C=O) groups excluding carboxylic acids is 1. The summed E-state index contributed by atoms with van der Waals surface area (Å²) in [6, 6.07) is 6.03. The molecule has 0 fully saturated rings. The molecule has 0 aromatic heterocycles. The highest BCUT2D eigenvalue weighted by Crippen LogP contribution is 2.34. The van der Waals surface area contributed by atoms with Crippen molar-refractivity contribution in [2.45, 2.75) is 2.21 Å². The van der Waals surface area contributed by atoms with Crippen molar-refractivity contribution in [3.05, 3.63) is 29.8 Å². The van der Waals surface area contributed by atoms with Crippen molar-refractivity contribution >= 4 is 55.5 Å². The van der Waals surface area contributed by atoms with Crippen LogP contribution in [0.15, 0.2) is 24.3 Å². The van der Waals surface area contributed by atoms with Gasteiger partial charge in [0.2, 0.25) is 5.78 Å². The van der Waals surface area contributed by atoms with Crippen molar-refractivity contribution in [2.75, 3.05) is 12.0 Å². The minimum absolute atomic E-state index is 0.176. The molecule has 0 bridgehead atoms. The van der Waals surface area contributed by atoms with Crippen molar-refractivity contribution in [2.24, 2.45) is 0 Å². The molecule has 16 heavy (non-hydrogen) atoms. The van der Waals surface area contributed by atoms with Crippen LogP contribution in [0, 0.1) is 0 Å². The highest BCUT2D eigenvalue weighted by molar-refractivity contribution is 14.1. The summed E-state index contributed by atoms with van der Waals surface area (Å²) in [6.45, 7) is 0. The van der Waals surface area contributed by atoms with Crippen molar-refractivity contribution in [3.63, 3.8) is 0 Å². The van der Waals surface area contributed by atoms with E-state index in [-0.39, 0.29) is 5.56 Å². The first kappa shape index (κ1) is 13.7. The highest BCUT2D eigenvalue weighted by atomic mass is 127. The van der Waals surface area contributed by atoms with Gasteiger partial charge in [0.1, 0.15) is 0 Å². The van der Waals surface area contributed by atoms with Crippen LogP contribution in [0.2, 0.25) is 0 Å². The minimum Gasteiger partial charge on any atom is -0.399 e. The van der Waals surface area contributed by atoms with E-state index in [1.54, 1.807) is 12.1 Å². The number of halogens is 2. The number of hydrogen-bond donors (Lipinski definition) is 1. The van der Waals surface area contributed by atoms with Gasteiger partial charge in [-0.1, -0.05) is 23.7 Å². The smallest absolute Gasteiger partial charge is 0.257 e. The Hall–Kier alpha value is -0.340. The van der Waals surface area contributed by atoms with E-state index in [1.807, 2.05) is 0 Å². The number of carbonyl (C=O) groups is 1. The predicted octanol–water partition coefficient (Wildman–Crippen LogP) is 1.82. The number of nitrogen functional groups attached to an aromatic ring is 1. The van der Waals surface area contributed by atoms with E-state index in [9.17, 15) is 13.2 Å². The van der Waals surface area contributed by atoms with E-state index < -0.39 is 17.8 Å². The molecule has 88 valence electrons. The van der Waals surface area contributed by atoms with Crippen LogP contribution in [0.25, 0.3) is 0 Å². The Morgan fingerprint density at radius 2 is 2.06 bits per heavy atom. The summed E-state index contributed by atoms with van der Waals surface area (Å²) in [7, 11) is -3.70. The second-order valence-corrected chi connectivity index (χ2v) is 9.18. The number of Topliss-reactive ketones (excluding diaryl/α,β-unsaturated/α-hetero) is 1. The van der Waals surface area contributed by atoms with Gasteiger partial charge in [0.15, 0.2) is 9.84 Å². The topological polar surface area (TPSA) is 77.2 Å². The largest absolute Gasteiger partial charge is 0.399 e. The molecule has 0 spiro atoms. The Labute approximate surface area is 112 Å². The van der Waals surface area contributed by atoms with Gasteiger partial charge in [0.25, 0.3) is 2.21 Å². The van der Waals surface area contributed by atoms with Crippen LogP contribution >= 0.6 is 34.2 Å². The van der Waals surface area contributed by atoms with E-state index in [0.717, 1.165) is 6.26 Å². The number of rotatable bonds is 3. The lowest BCUT2D eigenvalue weighted by atomic mass is 10.1. The molecule has 0 radical (unpaired) electrons. The lowest BCUT2D eigenvalue weighted by molar-refractivity contribution is 0.100. The van der Waals surface area contributed by atoms with Gasteiger partial charge in [-0.15, -0.1) is 0 Å². The fourth-order valence-corrected chi connectivity index (χ4v) is 1.89. The van der Waals surface area contributed by atoms with Gasteiger partial charge in [-0.05, 0) is 34.7 Å². The van der Waals surface area contributed by atoms with Gasteiger partial charge in [-0.25, -0.2) is 8.42 Å². The van der Waals surface area contributed by atoms with Gasteiger partial charge in [-0.3, -0.25) is 4.79 Å². The van der Waals surface area contributed by atoms with Crippen molar-refractivity contribution < 1.29 is 13.2 Å². The first-order valence-corrected chi connectivity index (χ1v) is 7.49. The van der Waals surface area contributed by atoms with Crippen LogP contribution in [-0.4, -0.2) is 22.7 Å². The van der Waals surface area contributed by atoms with Crippen LogP contribution in [-0.2, 0) is 9.84 Å². The average Bonchev–Trinajstić information content (AvgIpc) is 2.14. The second-order valence-electron chi connectivity index (χ2n) is 3.24. The summed E-state index contributed by atoms with van der Waals surface area (Å²) in [5.74, 6) is -0.690. The van der Waals surface area contributed by atoms with Crippen molar-refractivity contribution in [3.8, 4) is 0 Å². The fourth-order valence-electron chi connectivity index (χ4n) is 1.02. The van der Waals surface area contributed by atoms with Crippen molar-refractivity contribution in [1.82, 2.24) is 0 Å². The van der Waals surface area contributed by atoms with Crippen molar-refractivity contribution in [1.29, 1.82) is 0 Å². The lowest BCUT2D eigenvalue weighted by Crippen LogP contribution is -2.34. The Morgan fingerprint density at radius 3 is 2.50 bits per heavy atom. The SMILES string of the molecule is CS(=O)(=O)C(Cl)(I)C(=O)c1cccc(N)c1. The third-order valence-corrected chi connectivity index (χ3v) is 6.90. The zero-order valence-corrected chi connectivity index (χ0v) is 12.0. The van der Waals surface area contributed by atoms with Gasteiger partial charge in [0.05, 0.1) is 0 Å². The summed E-state index contributed by atoms with van der Waals surface area (Å²) in [4.78, 5) is 11.9. The molecule has 0 heterocycles. The third kappa shape index (κ3) is 2.67. The molecule has 0 saturated carbocycles. The number of anilines is 1. The van der Waals surface area contributed by atoms with E-state index in [2.05, 4.69) is 0 Å². The monoisotopic (exact) mass is 373 g/mol. The van der Waals surface area contributed by atoms with Crippen LogP contribution in [0.3, 0.4) is 0 Å². The molecule has 1 rings (SSSR count). The predicted molar refractivity (Wildman–Crippen MR) is 72.6 cm³/mol. The molecular formula is C9H9ClINO3S. The number of ketones is 1. The first-order chi connectivity index (χ1) is 7.16. The molecule has 7 heteroatoms. The van der Waals surface area contributed by atoms with E-state index in [4.69, 9.17) is 17.3 Å². The molecule has 1 unspecified atom stereocenters. The molecule has 1 atom stereocenters. The summed E-state index contributed by atoms with van der Waals surface area (Å²) < 4.78 is 20.7. The molecule has 0 aliphatic carbocycles. The third-order valence-electron chi connectivity index (χ3n) is 1.88. The molecule has 4 nitrogen and oxygen atoms in total. The maximum atomic E-state index is 11.9. The van der Waals surface area contributed by atoms with Gasteiger partial charge in [-0.2, -0.15) is 0 Å². The Bertz CT molecular complexity index is 527. The summed E-state index contributed by atoms with van der Waals surface area (Å²) in [6.07, 6.45) is 0.913. The van der Waals surface area contributed by atoms with Gasteiger partial charge in [0, 0.05) is 17.5 Å². The molecule has 0 saturated heterocycles. The number of benzene rings is 1. The second kappa shape index (κ2) is 4.50. The van der Waals surface area contributed by atoms with Gasteiger partial charge >= 0.3 is 0 Å². The van der Waals surface area contributed by atoms with E-state index in [1.165, 1.54) is 34.7 Å². The number of hydrogen-bond acceptors (Lipinski definition) is 4. The zero-order chi connectivity index (χ0) is 12.6. The van der Waals surface area contributed by atoms with Crippen LogP contribution in [0.5, 0.6) is 0 Å². The highest BCUT2D eigenvalue weighted by Gasteiger charge is 2.44. The average molecular weight is 374 g/mol. The molecule has 0 aliphatic rings. The van der Waals surface area contributed by atoms with Gasteiger partial charge < -0.3 is 5.73 Å². The van der Waals surface area contributed by atoms with Crippen LogP contribution in [0.4, 0.5) is 5.69 Å². The maximum absolute atomic E-state index is 11.9. The summed E-state index contributed by atoms with van der Waals surface area (Å²) in [5, 5.41) is 0. The number of sulfone groups is 1. The fraction of sp³-hybridized carbons (Fsp3) is 0.222. The molecule has 0 amide bonds. The first-order valence-electron chi connectivity index (χ1n) is 4.14. The molecule has 0 aliphatic heterocycles. The maximum Gasteiger partial charge on any atom is 0.257 e. The molecule has 1 aromatic carbocycles. The Morgan fingerprint density at radius 1 is 1.50 bits per heavy atom. The summed E-state index contributed by atoms with van der Waals surface area (Å²) >= 11 is 7.17. The molecule has 1 aromatic rings. The number of nitrogens with two attached hydrogens (primary N) is 1.